The van der Waals surface area contributed by atoms with Crippen LogP contribution in [-0.4, -0.2) is 40.9 Å². The van der Waals surface area contributed by atoms with Crippen molar-refractivity contribution >= 4 is 22.8 Å². The summed E-state index contributed by atoms with van der Waals surface area (Å²) in [4.78, 5) is 25.7. The van der Waals surface area contributed by atoms with Gasteiger partial charge in [-0.2, -0.15) is 18.3 Å². The first-order valence-corrected chi connectivity index (χ1v) is 14.4. The van der Waals surface area contributed by atoms with Gasteiger partial charge in [0.25, 0.3) is 5.91 Å². The van der Waals surface area contributed by atoms with Crippen LogP contribution in [0.2, 0.25) is 0 Å². The Kier molecular flexibility index (Phi) is 7.30. The molecule has 0 radical (unpaired) electrons. The molecule has 2 aromatic carbocycles. The van der Waals surface area contributed by atoms with Crippen molar-refractivity contribution < 1.29 is 32.2 Å². The van der Waals surface area contributed by atoms with E-state index in [9.17, 15) is 22.8 Å². The Balaban J connectivity index is 1.24. The number of carbonyl (C=O) groups is 2. The zero-order chi connectivity index (χ0) is 28.8. The first kappa shape index (κ1) is 27.8. The first-order valence-electron chi connectivity index (χ1n) is 14.4. The first-order chi connectivity index (χ1) is 19.7. The predicted octanol–water partition coefficient (Wildman–Crippen LogP) is 6.20. The van der Waals surface area contributed by atoms with Crippen molar-refractivity contribution in [1.29, 1.82) is 0 Å². The molecule has 1 atom stereocenters. The second-order valence-corrected chi connectivity index (χ2v) is 11.7. The molecule has 1 spiro atoms. The van der Waals surface area contributed by atoms with E-state index in [1.54, 1.807) is 4.68 Å². The fraction of sp³-hybridized carbons (Fsp3) is 0.516. The molecule has 2 aliphatic carbocycles. The number of hydrogen-bond acceptors (Lipinski definition) is 5. The minimum atomic E-state index is -4.40. The summed E-state index contributed by atoms with van der Waals surface area (Å²) in [7, 11) is 0. The van der Waals surface area contributed by atoms with Crippen LogP contribution in [0.25, 0.3) is 10.9 Å². The Morgan fingerprint density at radius 2 is 1.85 bits per heavy atom. The van der Waals surface area contributed by atoms with Gasteiger partial charge in [-0.3, -0.25) is 9.59 Å². The lowest BCUT2D eigenvalue weighted by molar-refractivity contribution is -0.162. The number of alkyl halides is 3. The van der Waals surface area contributed by atoms with Gasteiger partial charge >= 0.3 is 12.1 Å². The number of benzene rings is 2. The summed E-state index contributed by atoms with van der Waals surface area (Å²) >= 11 is 0. The SMILES string of the molecule is CCOC(=O)C1CC2(CC(NC(=O)c3nn(C4CCCCO4)c4cccc(Cc5ccc(C(F)(F)F)cc5)c34)C2)C1. The van der Waals surface area contributed by atoms with E-state index >= 15 is 0 Å². The molecule has 1 aliphatic heterocycles. The number of hydrogen-bond donors (Lipinski definition) is 1. The number of carbonyl (C=O) groups excluding carboxylic acids is 2. The fourth-order valence-corrected chi connectivity index (χ4v) is 6.82. The maximum Gasteiger partial charge on any atom is 0.416 e. The highest BCUT2D eigenvalue weighted by atomic mass is 19.4. The third-order valence-electron chi connectivity index (χ3n) is 8.81. The summed E-state index contributed by atoms with van der Waals surface area (Å²) in [5.74, 6) is -0.451. The van der Waals surface area contributed by atoms with E-state index in [1.165, 1.54) is 12.1 Å². The molecule has 2 heterocycles. The fourth-order valence-electron chi connectivity index (χ4n) is 6.82. The number of halogens is 3. The topological polar surface area (TPSA) is 82.5 Å². The Morgan fingerprint density at radius 3 is 2.51 bits per heavy atom. The molecular formula is C31H34F3N3O4. The summed E-state index contributed by atoms with van der Waals surface area (Å²) in [6, 6.07) is 10.8. The van der Waals surface area contributed by atoms with Crippen LogP contribution >= 0.6 is 0 Å². The highest BCUT2D eigenvalue weighted by molar-refractivity contribution is 6.06. The number of ether oxygens (including phenoxy) is 2. The molecule has 6 rings (SSSR count). The molecule has 2 saturated carbocycles. The van der Waals surface area contributed by atoms with Crippen molar-refractivity contribution in [2.75, 3.05) is 13.2 Å². The third kappa shape index (κ3) is 5.46. The maximum absolute atomic E-state index is 13.7. The number of nitrogens with zero attached hydrogens (tertiary/aromatic N) is 2. The van der Waals surface area contributed by atoms with Crippen LogP contribution < -0.4 is 5.32 Å². The summed E-state index contributed by atoms with van der Waals surface area (Å²) < 4.78 is 52.2. The maximum atomic E-state index is 13.7. The van der Waals surface area contributed by atoms with E-state index in [1.807, 2.05) is 25.1 Å². The highest BCUT2D eigenvalue weighted by Gasteiger charge is 2.55. The lowest BCUT2D eigenvalue weighted by Crippen LogP contribution is -2.57. The third-order valence-corrected chi connectivity index (χ3v) is 8.81. The number of nitrogens with one attached hydrogen (secondary N) is 1. The molecular weight excluding hydrogens is 535 g/mol. The molecule has 1 unspecified atom stereocenters. The highest BCUT2D eigenvalue weighted by Crippen LogP contribution is 2.59. The van der Waals surface area contributed by atoms with Crippen molar-refractivity contribution in [2.45, 2.75) is 76.7 Å². The average molecular weight is 570 g/mol. The smallest absolute Gasteiger partial charge is 0.416 e. The summed E-state index contributed by atoms with van der Waals surface area (Å²) in [5.41, 5.74) is 2.00. The van der Waals surface area contributed by atoms with Gasteiger partial charge in [0.1, 0.15) is 0 Å². The average Bonchev–Trinajstić information content (AvgIpc) is 3.30. The van der Waals surface area contributed by atoms with Crippen LogP contribution in [0.3, 0.4) is 0 Å². The lowest BCUT2D eigenvalue weighted by atomic mass is 9.50. The van der Waals surface area contributed by atoms with Crippen molar-refractivity contribution in [1.82, 2.24) is 15.1 Å². The second-order valence-electron chi connectivity index (χ2n) is 11.7. The molecule has 1 amide bonds. The van der Waals surface area contributed by atoms with Gasteiger partial charge in [-0.15, -0.1) is 0 Å². The molecule has 3 aliphatic rings. The zero-order valence-corrected chi connectivity index (χ0v) is 23.0. The van der Waals surface area contributed by atoms with Gasteiger partial charge in [0.2, 0.25) is 0 Å². The number of aromatic nitrogens is 2. The van der Waals surface area contributed by atoms with Gasteiger partial charge < -0.3 is 14.8 Å². The summed E-state index contributed by atoms with van der Waals surface area (Å²) in [6.45, 7) is 2.81. The van der Waals surface area contributed by atoms with Crippen LogP contribution in [0, 0.1) is 11.3 Å². The molecule has 10 heteroatoms. The van der Waals surface area contributed by atoms with Crippen molar-refractivity contribution in [2.24, 2.45) is 11.3 Å². The van der Waals surface area contributed by atoms with Crippen LogP contribution in [-0.2, 0) is 26.9 Å². The predicted molar refractivity (Wildman–Crippen MR) is 145 cm³/mol. The van der Waals surface area contributed by atoms with E-state index in [0.717, 1.165) is 68.2 Å². The van der Waals surface area contributed by atoms with Crippen LogP contribution in [0.4, 0.5) is 13.2 Å². The monoisotopic (exact) mass is 569 g/mol. The van der Waals surface area contributed by atoms with E-state index < -0.39 is 11.7 Å². The minimum absolute atomic E-state index is 0.00106. The van der Waals surface area contributed by atoms with Crippen molar-refractivity contribution in [3.8, 4) is 0 Å². The van der Waals surface area contributed by atoms with Crippen LogP contribution in [0.5, 0.6) is 0 Å². The summed E-state index contributed by atoms with van der Waals surface area (Å²) in [6.07, 6.45) is 1.66. The van der Waals surface area contributed by atoms with Crippen LogP contribution in [0.15, 0.2) is 42.5 Å². The van der Waals surface area contributed by atoms with Gasteiger partial charge in [-0.05, 0) is 93.0 Å². The largest absolute Gasteiger partial charge is 0.466 e. The van der Waals surface area contributed by atoms with Crippen molar-refractivity contribution in [3.63, 3.8) is 0 Å². The van der Waals surface area contributed by atoms with E-state index in [4.69, 9.17) is 14.6 Å². The van der Waals surface area contributed by atoms with E-state index in [-0.39, 0.29) is 35.5 Å². The van der Waals surface area contributed by atoms with Gasteiger partial charge in [0.15, 0.2) is 11.9 Å². The summed E-state index contributed by atoms with van der Waals surface area (Å²) in [5, 5.41) is 8.61. The molecule has 1 N–H and O–H groups in total. The molecule has 218 valence electrons. The Morgan fingerprint density at radius 1 is 1.10 bits per heavy atom. The Bertz CT molecular complexity index is 1430. The number of fused-ring (bicyclic) bond motifs is 1. The molecule has 41 heavy (non-hydrogen) atoms. The minimum Gasteiger partial charge on any atom is -0.466 e. The van der Waals surface area contributed by atoms with Gasteiger partial charge in [0, 0.05) is 18.0 Å². The van der Waals surface area contributed by atoms with E-state index in [0.29, 0.717) is 36.3 Å². The molecule has 1 saturated heterocycles. The van der Waals surface area contributed by atoms with Gasteiger partial charge in [-0.1, -0.05) is 24.3 Å². The van der Waals surface area contributed by atoms with E-state index in [2.05, 4.69) is 5.32 Å². The Hall–Kier alpha value is -3.40. The van der Waals surface area contributed by atoms with Crippen molar-refractivity contribution in [3.05, 3.63) is 64.8 Å². The standard InChI is InChI=1S/C31H34F3N3O4/c1-2-40-29(39)21-15-30(16-21)17-23(18-30)35-28(38)27-26-20(14-19-9-11-22(12-10-19)31(32,33)34)6-5-7-24(26)37(36-27)25-8-3-4-13-41-25/h5-7,9-12,21,23,25H,2-4,8,13-18H2,1H3,(H,35,38). The molecule has 3 fully saturated rings. The van der Waals surface area contributed by atoms with Crippen LogP contribution in [0.1, 0.15) is 85.3 Å². The lowest BCUT2D eigenvalue weighted by Gasteiger charge is -2.56. The molecule has 7 nitrogen and oxygen atoms in total. The molecule has 0 bridgehead atoms. The Labute approximate surface area is 236 Å². The second kappa shape index (κ2) is 10.8. The number of esters is 1. The normalized spacial score (nSPS) is 25.9. The van der Waals surface area contributed by atoms with Gasteiger partial charge in [0.05, 0.1) is 23.6 Å². The molecule has 3 aromatic rings. The quantitative estimate of drug-likeness (QED) is 0.343. The number of amides is 1. The number of rotatable bonds is 7. The molecule has 1 aromatic heterocycles. The zero-order valence-electron chi connectivity index (χ0n) is 23.0. The van der Waals surface area contributed by atoms with Gasteiger partial charge in [-0.25, -0.2) is 4.68 Å².